The first-order valence-electron chi connectivity index (χ1n) is 12.6. The molecule has 39 heavy (non-hydrogen) atoms. The zero-order valence-electron chi connectivity index (χ0n) is 21.7. The second kappa shape index (κ2) is 11.5. The minimum absolute atomic E-state index is 0.0350. The van der Waals surface area contributed by atoms with Gasteiger partial charge in [0.25, 0.3) is 0 Å². The predicted molar refractivity (Wildman–Crippen MR) is 139 cm³/mol. The lowest BCUT2D eigenvalue weighted by molar-refractivity contribution is -0.143. The monoisotopic (exact) mass is 555 g/mol. The van der Waals surface area contributed by atoms with E-state index in [4.69, 9.17) is 0 Å². The Morgan fingerprint density at radius 1 is 0.923 bits per heavy atom. The molecule has 212 valence electrons. The fourth-order valence-corrected chi connectivity index (χ4v) is 4.61. The Hall–Kier alpha value is -3.25. The number of amides is 2. The van der Waals surface area contributed by atoms with Gasteiger partial charge in [-0.15, -0.1) is 0 Å². The van der Waals surface area contributed by atoms with Crippen LogP contribution in [0.5, 0.6) is 0 Å². The van der Waals surface area contributed by atoms with Crippen LogP contribution in [0.25, 0.3) is 6.08 Å². The van der Waals surface area contributed by atoms with Crippen molar-refractivity contribution in [2.45, 2.75) is 18.4 Å². The number of rotatable bonds is 6. The van der Waals surface area contributed by atoms with E-state index in [0.29, 0.717) is 25.2 Å². The van der Waals surface area contributed by atoms with E-state index in [1.54, 1.807) is 0 Å². The third-order valence-electron chi connectivity index (χ3n) is 7.00. The van der Waals surface area contributed by atoms with Crippen molar-refractivity contribution in [3.8, 4) is 0 Å². The number of benzene rings is 2. The fourth-order valence-electron chi connectivity index (χ4n) is 4.61. The molecule has 0 atom stereocenters. The maximum atomic E-state index is 13.1. The summed E-state index contributed by atoms with van der Waals surface area (Å²) in [6.07, 6.45) is -5.72. The van der Waals surface area contributed by atoms with Crippen molar-refractivity contribution in [1.82, 2.24) is 14.7 Å². The van der Waals surface area contributed by atoms with Gasteiger partial charge in [0.1, 0.15) is 0 Å². The van der Waals surface area contributed by atoms with Crippen LogP contribution in [-0.4, -0.2) is 86.7 Å². The van der Waals surface area contributed by atoms with Gasteiger partial charge in [0.05, 0.1) is 11.1 Å². The number of hydrogen-bond acceptors (Lipinski definition) is 4. The summed E-state index contributed by atoms with van der Waals surface area (Å²) in [5.41, 5.74) is -1.21. The van der Waals surface area contributed by atoms with E-state index in [1.165, 1.54) is 4.90 Å². The second-order valence-electron chi connectivity index (χ2n) is 10.0. The molecule has 0 aliphatic carbocycles. The van der Waals surface area contributed by atoms with Crippen molar-refractivity contribution in [2.24, 2.45) is 0 Å². The molecule has 1 N–H and O–H groups in total. The van der Waals surface area contributed by atoms with Crippen molar-refractivity contribution >= 4 is 23.5 Å². The van der Waals surface area contributed by atoms with E-state index >= 15 is 0 Å². The third-order valence-corrected chi connectivity index (χ3v) is 7.00. The van der Waals surface area contributed by atoms with Gasteiger partial charge >= 0.3 is 18.4 Å². The third kappa shape index (κ3) is 7.45. The van der Waals surface area contributed by atoms with Crippen LogP contribution < -0.4 is 10.2 Å². The van der Waals surface area contributed by atoms with Crippen molar-refractivity contribution < 1.29 is 31.1 Å². The SMILES string of the molecule is CN(C)c1ccc(C=CCN2CCN(C3CN(C(=O)Nc4cc(C(F)(F)F)cc(C(F)(F)F)c4)C3)CC2)cc1. The lowest BCUT2D eigenvalue weighted by Gasteiger charge is -2.47. The molecule has 0 saturated carbocycles. The lowest BCUT2D eigenvalue weighted by Crippen LogP contribution is -2.64. The van der Waals surface area contributed by atoms with E-state index in [9.17, 15) is 31.1 Å². The molecule has 0 aromatic heterocycles. The lowest BCUT2D eigenvalue weighted by atomic mass is 10.1. The number of alkyl halides is 6. The average molecular weight is 556 g/mol. The fraction of sp³-hybridized carbons (Fsp3) is 0.444. The van der Waals surface area contributed by atoms with E-state index in [2.05, 4.69) is 51.5 Å². The number of piperazine rings is 1. The zero-order valence-corrected chi connectivity index (χ0v) is 21.7. The van der Waals surface area contributed by atoms with Gasteiger partial charge in [-0.25, -0.2) is 4.79 Å². The molecule has 2 amide bonds. The first-order valence-corrected chi connectivity index (χ1v) is 12.6. The number of likely N-dealkylation sites (tertiary alicyclic amines) is 1. The van der Waals surface area contributed by atoms with Crippen molar-refractivity contribution in [1.29, 1.82) is 0 Å². The highest BCUT2D eigenvalue weighted by atomic mass is 19.4. The first-order chi connectivity index (χ1) is 18.3. The number of hydrogen-bond donors (Lipinski definition) is 1. The molecule has 0 bridgehead atoms. The van der Waals surface area contributed by atoms with Gasteiger partial charge in [0.2, 0.25) is 0 Å². The molecule has 2 aliphatic rings. The number of urea groups is 1. The van der Waals surface area contributed by atoms with Crippen LogP contribution in [0, 0.1) is 0 Å². The number of nitrogens with one attached hydrogen (secondary N) is 1. The highest BCUT2D eigenvalue weighted by Gasteiger charge is 2.39. The summed E-state index contributed by atoms with van der Waals surface area (Å²) in [4.78, 5) is 20.5. The highest BCUT2D eigenvalue weighted by molar-refractivity contribution is 5.90. The molecular formula is C27H31F6N5O. The molecule has 6 nitrogen and oxygen atoms in total. The van der Waals surface area contributed by atoms with E-state index in [0.717, 1.165) is 44.0 Å². The average Bonchev–Trinajstić information content (AvgIpc) is 2.83. The van der Waals surface area contributed by atoms with Crippen molar-refractivity contribution in [2.75, 3.05) is 70.1 Å². The molecule has 2 fully saturated rings. The van der Waals surface area contributed by atoms with Crippen LogP contribution in [0.2, 0.25) is 0 Å². The van der Waals surface area contributed by atoms with E-state index in [-0.39, 0.29) is 12.1 Å². The van der Waals surface area contributed by atoms with Crippen LogP contribution in [0.15, 0.2) is 48.5 Å². The van der Waals surface area contributed by atoms with Gasteiger partial charge in [-0.05, 0) is 35.9 Å². The minimum atomic E-state index is -4.97. The van der Waals surface area contributed by atoms with Crippen LogP contribution in [0.1, 0.15) is 16.7 Å². The second-order valence-corrected chi connectivity index (χ2v) is 10.0. The molecular weight excluding hydrogens is 524 g/mol. The summed E-state index contributed by atoms with van der Waals surface area (Å²) in [5.74, 6) is 0. The Balaban J connectivity index is 1.22. The smallest absolute Gasteiger partial charge is 0.378 e. The van der Waals surface area contributed by atoms with Gasteiger partial charge in [-0.2, -0.15) is 26.3 Å². The molecule has 2 aliphatic heterocycles. The summed E-state index contributed by atoms with van der Waals surface area (Å²) >= 11 is 0. The molecule has 0 radical (unpaired) electrons. The van der Waals surface area contributed by atoms with Gasteiger partial charge in [0.15, 0.2) is 0 Å². The minimum Gasteiger partial charge on any atom is -0.378 e. The van der Waals surface area contributed by atoms with Gasteiger partial charge in [-0.1, -0.05) is 24.3 Å². The number of anilines is 2. The number of carbonyl (C=O) groups excluding carboxylic acids is 1. The standard InChI is InChI=1S/C27H31F6N5O/c1-35(2)23-7-5-19(6-8-23)4-3-9-36-10-12-37(13-11-36)24-17-38(18-24)25(39)34-22-15-20(26(28,29)30)14-21(16-22)27(31,32)33/h3-8,14-16,24H,9-13,17-18H2,1-2H3,(H,34,39). The Bertz CT molecular complexity index is 1130. The molecule has 2 aromatic carbocycles. The topological polar surface area (TPSA) is 42.1 Å². The normalized spacial score (nSPS) is 17.9. The van der Waals surface area contributed by atoms with Crippen LogP contribution >= 0.6 is 0 Å². The van der Waals surface area contributed by atoms with Gasteiger partial charge < -0.3 is 15.1 Å². The molecule has 0 spiro atoms. The Morgan fingerprint density at radius 3 is 2.00 bits per heavy atom. The van der Waals surface area contributed by atoms with Crippen LogP contribution in [-0.2, 0) is 12.4 Å². The number of nitrogens with zero attached hydrogens (tertiary/aromatic N) is 4. The van der Waals surface area contributed by atoms with E-state index in [1.807, 2.05) is 19.0 Å². The summed E-state index contributed by atoms with van der Waals surface area (Å²) in [7, 11) is 3.99. The maximum Gasteiger partial charge on any atom is 0.416 e. The van der Waals surface area contributed by atoms with Crippen LogP contribution in [0.4, 0.5) is 42.5 Å². The summed E-state index contributed by atoms with van der Waals surface area (Å²) in [6.45, 7) is 4.88. The number of halogens is 6. The predicted octanol–water partition coefficient (Wildman–Crippen LogP) is 5.34. The quantitative estimate of drug-likeness (QED) is 0.489. The van der Waals surface area contributed by atoms with Crippen molar-refractivity contribution in [3.05, 3.63) is 65.2 Å². The van der Waals surface area contributed by atoms with Gasteiger partial charge in [0, 0.05) is 77.3 Å². The maximum absolute atomic E-state index is 13.1. The Labute approximate surface area is 223 Å². The Morgan fingerprint density at radius 2 is 1.49 bits per heavy atom. The largest absolute Gasteiger partial charge is 0.416 e. The molecule has 2 heterocycles. The van der Waals surface area contributed by atoms with E-state index < -0.39 is 35.2 Å². The van der Waals surface area contributed by atoms with Gasteiger partial charge in [-0.3, -0.25) is 9.80 Å². The molecule has 12 heteroatoms. The molecule has 0 unspecified atom stereocenters. The van der Waals surface area contributed by atoms with Crippen LogP contribution in [0.3, 0.4) is 0 Å². The molecule has 4 rings (SSSR count). The first kappa shape index (κ1) is 28.8. The molecule has 2 saturated heterocycles. The highest BCUT2D eigenvalue weighted by Crippen LogP contribution is 2.37. The Kier molecular flexibility index (Phi) is 8.45. The summed E-state index contributed by atoms with van der Waals surface area (Å²) in [6, 6.07) is 8.73. The van der Waals surface area contributed by atoms with Crippen molar-refractivity contribution in [3.63, 3.8) is 0 Å². The summed E-state index contributed by atoms with van der Waals surface area (Å²) in [5, 5.41) is 2.19. The summed E-state index contributed by atoms with van der Waals surface area (Å²) < 4.78 is 78.4. The molecule has 2 aromatic rings. The zero-order chi connectivity index (χ0) is 28.4. The number of carbonyl (C=O) groups is 1.